The summed E-state index contributed by atoms with van der Waals surface area (Å²) < 4.78 is 11.0. The fraction of sp³-hybridized carbons (Fsp3) is 0.417. The van der Waals surface area contributed by atoms with Crippen molar-refractivity contribution < 1.29 is 19.1 Å². The lowest BCUT2D eigenvalue weighted by atomic mass is 9.87. The smallest absolute Gasteiger partial charge is 0.321 e. The molecule has 3 amide bonds. The number of nitrogens with one attached hydrogen (secondary N) is 2. The van der Waals surface area contributed by atoms with Crippen molar-refractivity contribution in [1.82, 2.24) is 15.5 Å². The number of ether oxygens (including phenoxy) is 2. The van der Waals surface area contributed by atoms with Crippen molar-refractivity contribution in [3.8, 4) is 11.5 Å². The van der Waals surface area contributed by atoms with Gasteiger partial charge in [-0.1, -0.05) is 30.3 Å². The van der Waals surface area contributed by atoms with Crippen LogP contribution >= 0.6 is 0 Å². The monoisotopic (exact) mass is 425 g/mol. The number of imide groups is 1. The second-order valence-corrected chi connectivity index (χ2v) is 8.69. The molecule has 0 spiro atoms. The van der Waals surface area contributed by atoms with Crippen LogP contribution in [0.1, 0.15) is 43.5 Å². The zero-order valence-electron chi connectivity index (χ0n) is 18.8. The minimum absolute atomic E-state index is 0.102. The molecule has 1 aliphatic heterocycles. The Bertz CT molecular complexity index is 938. The van der Waals surface area contributed by atoms with E-state index in [9.17, 15) is 9.59 Å². The van der Waals surface area contributed by atoms with E-state index in [-0.39, 0.29) is 18.5 Å². The fourth-order valence-electron chi connectivity index (χ4n) is 3.92. The van der Waals surface area contributed by atoms with Gasteiger partial charge in [0.1, 0.15) is 0 Å². The Morgan fingerprint density at radius 1 is 1.06 bits per heavy atom. The van der Waals surface area contributed by atoms with Crippen LogP contribution in [0.15, 0.2) is 42.5 Å². The Balaban J connectivity index is 1.89. The van der Waals surface area contributed by atoms with E-state index in [0.717, 1.165) is 23.1 Å². The Kier molecular flexibility index (Phi) is 6.85. The number of rotatable bonds is 5. The van der Waals surface area contributed by atoms with Crippen LogP contribution in [0, 0.1) is 0 Å². The third-order valence-electron chi connectivity index (χ3n) is 5.18. The number of fused-ring (bicyclic) bond motifs is 1. The minimum atomic E-state index is -0.488. The molecule has 166 valence electrons. The number of carbonyl (C=O) groups is 2. The standard InChI is InChI=1S/C24H31N3O4/c1-24(2,3)26-23(29)25-21(28)15-27-12-11-17-13-19(30-4)20(31-5)14-18(17)22(27)16-9-7-6-8-10-16/h6-10,13-14,22H,11-12,15H2,1-5H3,(H2,25,26,28,29)/t22-/m1/s1. The topological polar surface area (TPSA) is 79.9 Å². The van der Waals surface area contributed by atoms with Gasteiger partial charge in [-0.2, -0.15) is 0 Å². The van der Waals surface area contributed by atoms with Gasteiger partial charge in [0.2, 0.25) is 5.91 Å². The Morgan fingerprint density at radius 2 is 1.71 bits per heavy atom. The predicted octanol–water partition coefficient (Wildman–Crippen LogP) is 3.28. The van der Waals surface area contributed by atoms with E-state index in [2.05, 4.69) is 15.5 Å². The molecule has 3 rings (SSSR count). The maximum Gasteiger partial charge on any atom is 0.321 e. The summed E-state index contributed by atoms with van der Waals surface area (Å²) >= 11 is 0. The average molecular weight is 426 g/mol. The molecule has 2 aromatic carbocycles. The number of methoxy groups -OCH3 is 2. The van der Waals surface area contributed by atoms with E-state index < -0.39 is 11.6 Å². The molecule has 0 saturated heterocycles. The van der Waals surface area contributed by atoms with Crippen LogP contribution in [0.25, 0.3) is 0 Å². The summed E-state index contributed by atoms with van der Waals surface area (Å²) in [6.45, 7) is 6.38. The Morgan fingerprint density at radius 3 is 2.32 bits per heavy atom. The number of carbonyl (C=O) groups excluding carboxylic acids is 2. The SMILES string of the molecule is COc1cc2c(cc1OC)[C@@H](c1ccccc1)N(CC(=O)NC(=O)NC(C)(C)C)CC2. The molecule has 7 heteroatoms. The van der Waals surface area contributed by atoms with E-state index >= 15 is 0 Å². The molecule has 0 aromatic heterocycles. The van der Waals surface area contributed by atoms with E-state index in [0.29, 0.717) is 18.0 Å². The number of hydrogen-bond acceptors (Lipinski definition) is 5. The van der Waals surface area contributed by atoms with Crippen LogP contribution < -0.4 is 20.1 Å². The van der Waals surface area contributed by atoms with Crippen molar-refractivity contribution in [3.05, 3.63) is 59.2 Å². The second-order valence-electron chi connectivity index (χ2n) is 8.69. The van der Waals surface area contributed by atoms with Gasteiger partial charge >= 0.3 is 6.03 Å². The van der Waals surface area contributed by atoms with Crippen molar-refractivity contribution in [3.63, 3.8) is 0 Å². The number of amides is 3. The maximum atomic E-state index is 12.7. The molecule has 0 aliphatic carbocycles. The summed E-state index contributed by atoms with van der Waals surface area (Å²) in [7, 11) is 3.24. The van der Waals surface area contributed by atoms with Crippen molar-refractivity contribution >= 4 is 11.9 Å². The highest BCUT2D eigenvalue weighted by Crippen LogP contribution is 2.40. The summed E-state index contributed by atoms with van der Waals surface area (Å²) in [5.74, 6) is 1.00. The van der Waals surface area contributed by atoms with Gasteiger partial charge in [-0.25, -0.2) is 4.79 Å². The first-order chi connectivity index (χ1) is 14.7. The third-order valence-corrected chi connectivity index (χ3v) is 5.18. The molecule has 1 aliphatic rings. The summed E-state index contributed by atoms with van der Waals surface area (Å²) in [6.07, 6.45) is 0.764. The average Bonchev–Trinajstić information content (AvgIpc) is 2.71. The first kappa shape index (κ1) is 22.6. The Hall–Kier alpha value is -3.06. The fourth-order valence-corrected chi connectivity index (χ4v) is 3.92. The lowest BCUT2D eigenvalue weighted by molar-refractivity contribution is -0.121. The highest BCUT2D eigenvalue weighted by Gasteiger charge is 2.32. The molecule has 7 nitrogen and oxygen atoms in total. The maximum absolute atomic E-state index is 12.7. The molecule has 2 aromatic rings. The Labute approximate surface area is 183 Å². The molecule has 1 atom stereocenters. The van der Waals surface area contributed by atoms with Gasteiger partial charge in [-0.3, -0.25) is 15.0 Å². The largest absolute Gasteiger partial charge is 0.493 e. The zero-order chi connectivity index (χ0) is 22.6. The molecule has 0 radical (unpaired) electrons. The molecule has 0 unspecified atom stereocenters. The van der Waals surface area contributed by atoms with Crippen LogP contribution in [0.5, 0.6) is 11.5 Å². The highest BCUT2D eigenvalue weighted by molar-refractivity contribution is 5.95. The number of nitrogens with zero attached hydrogens (tertiary/aromatic N) is 1. The van der Waals surface area contributed by atoms with Crippen LogP contribution in [0.2, 0.25) is 0 Å². The van der Waals surface area contributed by atoms with E-state index in [4.69, 9.17) is 9.47 Å². The molecular formula is C24H31N3O4. The summed E-state index contributed by atoms with van der Waals surface area (Å²) in [4.78, 5) is 26.9. The quantitative estimate of drug-likeness (QED) is 0.769. The van der Waals surface area contributed by atoms with Crippen molar-refractivity contribution in [2.75, 3.05) is 27.3 Å². The third kappa shape index (κ3) is 5.55. The van der Waals surface area contributed by atoms with Crippen molar-refractivity contribution in [2.45, 2.75) is 38.8 Å². The van der Waals surface area contributed by atoms with Gasteiger partial charge in [0.15, 0.2) is 11.5 Å². The van der Waals surface area contributed by atoms with Crippen LogP contribution in [0.4, 0.5) is 4.79 Å². The predicted molar refractivity (Wildman–Crippen MR) is 120 cm³/mol. The molecule has 0 saturated carbocycles. The molecular weight excluding hydrogens is 394 g/mol. The number of hydrogen-bond donors (Lipinski definition) is 2. The summed E-state index contributed by atoms with van der Waals surface area (Å²) in [6, 6.07) is 13.4. The van der Waals surface area contributed by atoms with Gasteiger partial charge in [0.05, 0.1) is 26.8 Å². The molecule has 2 N–H and O–H groups in total. The van der Waals surface area contributed by atoms with Gasteiger partial charge in [0.25, 0.3) is 0 Å². The lowest BCUT2D eigenvalue weighted by Crippen LogP contribution is -2.51. The van der Waals surface area contributed by atoms with E-state index in [1.165, 1.54) is 0 Å². The van der Waals surface area contributed by atoms with Crippen LogP contribution in [0.3, 0.4) is 0 Å². The van der Waals surface area contributed by atoms with Crippen molar-refractivity contribution in [2.24, 2.45) is 0 Å². The van der Waals surface area contributed by atoms with E-state index in [1.807, 2.05) is 63.2 Å². The summed E-state index contributed by atoms with van der Waals surface area (Å²) in [5.41, 5.74) is 2.88. The first-order valence-corrected chi connectivity index (χ1v) is 10.4. The lowest BCUT2D eigenvalue weighted by Gasteiger charge is -2.37. The van der Waals surface area contributed by atoms with Gasteiger partial charge < -0.3 is 14.8 Å². The summed E-state index contributed by atoms with van der Waals surface area (Å²) in [5, 5.41) is 5.20. The zero-order valence-corrected chi connectivity index (χ0v) is 18.8. The van der Waals surface area contributed by atoms with Crippen molar-refractivity contribution in [1.29, 1.82) is 0 Å². The minimum Gasteiger partial charge on any atom is -0.493 e. The molecule has 31 heavy (non-hydrogen) atoms. The molecule has 0 bridgehead atoms. The normalized spacial score (nSPS) is 16.2. The number of benzene rings is 2. The second kappa shape index (κ2) is 9.39. The number of urea groups is 1. The van der Waals surface area contributed by atoms with Crippen LogP contribution in [-0.2, 0) is 11.2 Å². The van der Waals surface area contributed by atoms with E-state index in [1.54, 1.807) is 14.2 Å². The van der Waals surface area contributed by atoms with Crippen LogP contribution in [-0.4, -0.2) is 49.7 Å². The first-order valence-electron chi connectivity index (χ1n) is 10.4. The van der Waals surface area contributed by atoms with Gasteiger partial charge in [-0.15, -0.1) is 0 Å². The van der Waals surface area contributed by atoms with Gasteiger partial charge in [0, 0.05) is 12.1 Å². The van der Waals surface area contributed by atoms with Gasteiger partial charge in [-0.05, 0) is 56.0 Å². The molecule has 1 heterocycles. The highest BCUT2D eigenvalue weighted by atomic mass is 16.5. The molecule has 0 fully saturated rings.